The molecular weight excluding hydrogens is 405 g/mol. The highest BCUT2D eigenvalue weighted by molar-refractivity contribution is 5.85. The minimum atomic E-state index is -0.294. The van der Waals surface area contributed by atoms with Crippen LogP contribution in [0.25, 0.3) is 0 Å². The zero-order valence-corrected chi connectivity index (χ0v) is 17.1. The first-order valence-corrected chi connectivity index (χ1v) is 9.64. The quantitative estimate of drug-likeness (QED) is 0.441. The van der Waals surface area contributed by atoms with Crippen molar-refractivity contribution in [3.8, 4) is 0 Å². The van der Waals surface area contributed by atoms with E-state index >= 15 is 0 Å². The van der Waals surface area contributed by atoms with E-state index in [4.69, 9.17) is 0 Å². The second kappa shape index (κ2) is 10.5. The van der Waals surface area contributed by atoms with Gasteiger partial charge in [-0.2, -0.15) is 20.1 Å². The van der Waals surface area contributed by atoms with Crippen molar-refractivity contribution in [1.82, 2.24) is 15.0 Å². The molecule has 7 nitrogen and oxygen atoms in total. The molecule has 0 atom stereocenters. The van der Waals surface area contributed by atoms with Gasteiger partial charge in [0, 0.05) is 18.8 Å². The van der Waals surface area contributed by atoms with Crippen molar-refractivity contribution in [1.29, 1.82) is 0 Å². The van der Waals surface area contributed by atoms with E-state index in [0.717, 1.165) is 31.5 Å². The Bertz CT molecular complexity index is 961. The zero-order chi connectivity index (χ0) is 19.9. The van der Waals surface area contributed by atoms with Crippen molar-refractivity contribution < 1.29 is 4.39 Å². The summed E-state index contributed by atoms with van der Waals surface area (Å²) in [6, 6.07) is 15.8. The molecule has 0 spiro atoms. The van der Waals surface area contributed by atoms with E-state index in [0.29, 0.717) is 23.5 Å². The summed E-state index contributed by atoms with van der Waals surface area (Å²) >= 11 is 0. The number of anilines is 4. The Labute approximate surface area is 180 Å². The normalized spacial score (nSPS) is 13.7. The molecule has 1 fully saturated rings. The lowest BCUT2D eigenvalue weighted by Gasteiger charge is -2.26. The second-order valence-electron chi connectivity index (χ2n) is 6.74. The molecular formula is C21H23ClFN7. The maximum absolute atomic E-state index is 13.2. The number of piperidine rings is 1. The molecule has 30 heavy (non-hydrogen) atoms. The van der Waals surface area contributed by atoms with Gasteiger partial charge in [-0.3, -0.25) is 0 Å². The van der Waals surface area contributed by atoms with Crippen molar-refractivity contribution >= 4 is 42.2 Å². The molecule has 0 amide bonds. The van der Waals surface area contributed by atoms with Gasteiger partial charge in [0.1, 0.15) is 5.82 Å². The van der Waals surface area contributed by atoms with E-state index in [1.54, 1.807) is 18.3 Å². The number of hydrazone groups is 1. The van der Waals surface area contributed by atoms with Gasteiger partial charge in [-0.15, -0.1) is 12.4 Å². The highest BCUT2D eigenvalue weighted by Crippen LogP contribution is 2.21. The summed E-state index contributed by atoms with van der Waals surface area (Å²) in [5.74, 6) is 1.03. The lowest BCUT2D eigenvalue weighted by Crippen LogP contribution is -2.31. The van der Waals surface area contributed by atoms with Crippen molar-refractivity contribution in [2.45, 2.75) is 19.3 Å². The molecule has 4 rings (SSSR count). The lowest BCUT2D eigenvalue weighted by atomic mass is 10.1. The predicted molar refractivity (Wildman–Crippen MR) is 120 cm³/mol. The van der Waals surface area contributed by atoms with E-state index in [1.165, 1.54) is 18.6 Å². The maximum Gasteiger partial charge on any atom is 0.250 e. The van der Waals surface area contributed by atoms with Crippen LogP contribution < -0.4 is 15.6 Å². The van der Waals surface area contributed by atoms with Crippen LogP contribution in [0, 0.1) is 5.82 Å². The van der Waals surface area contributed by atoms with Crippen molar-refractivity contribution in [2.24, 2.45) is 5.10 Å². The molecule has 156 valence electrons. The van der Waals surface area contributed by atoms with Crippen LogP contribution in [-0.4, -0.2) is 34.3 Å². The van der Waals surface area contributed by atoms with E-state index in [2.05, 4.69) is 35.7 Å². The summed E-state index contributed by atoms with van der Waals surface area (Å²) in [5.41, 5.74) is 4.55. The largest absolute Gasteiger partial charge is 0.341 e. The highest BCUT2D eigenvalue weighted by atomic mass is 35.5. The summed E-state index contributed by atoms with van der Waals surface area (Å²) in [6.07, 6.45) is 5.15. The van der Waals surface area contributed by atoms with Crippen LogP contribution in [0.4, 0.5) is 27.9 Å². The Kier molecular flexibility index (Phi) is 7.51. The molecule has 0 bridgehead atoms. The number of benzene rings is 2. The first-order chi connectivity index (χ1) is 14.3. The summed E-state index contributed by atoms with van der Waals surface area (Å²) in [5, 5.41) is 7.35. The van der Waals surface area contributed by atoms with Crippen LogP contribution in [0.3, 0.4) is 0 Å². The lowest BCUT2D eigenvalue weighted by molar-refractivity contribution is 0.568. The molecule has 1 aromatic heterocycles. The number of aromatic nitrogens is 3. The standard InChI is InChI=1S/C21H22FN7.ClH/c22-17-9-11-18(12-10-17)24-19-25-20(28-23-15-16-7-3-1-4-8-16)27-21(26-19)29-13-5-2-6-14-29;/h1,3-4,7-12,15H,2,5-6,13-14H2,(H2,24,25,26,27,28);1H. The van der Waals surface area contributed by atoms with Crippen LogP contribution in [0.2, 0.25) is 0 Å². The number of halogens is 2. The minimum absolute atomic E-state index is 0. The van der Waals surface area contributed by atoms with Gasteiger partial charge in [-0.05, 0) is 49.1 Å². The fourth-order valence-electron chi connectivity index (χ4n) is 3.07. The first-order valence-electron chi connectivity index (χ1n) is 9.64. The number of rotatable bonds is 6. The van der Waals surface area contributed by atoms with Gasteiger partial charge in [0.25, 0.3) is 0 Å². The molecule has 9 heteroatoms. The van der Waals surface area contributed by atoms with Gasteiger partial charge < -0.3 is 10.2 Å². The smallest absolute Gasteiger partial charge is 0.250 e. The van der Waals surface area contributed by atoms with Gasteiger partial charge in [-0.25, -0.2) is 9.82 Å². The van der Waals surface area contributed by atoms with Gasteiger partial charge in [0.15, 0.2) is 0 Å². The molecule has 0 radical (unpaired) electrons. The van der Waals surface area contributed by atoms with E-state index in [1.807, 2.05) is 30.3 Å². The predicted octanol–water partition coefficient (Wildman–Crippen LogP) is 4.61. The summed E-state index contributed by atoms with van der Waals surface area (Å²) < 4.78 is 13.2. The average molecular weight is 428 g/mol. The Morgan fingerprint density at radius 3 is 2.30 bits per heavy atom. The number of hydrogen-bond donors (Lipinski definition) is 2. The third-order valence-electron chi connectivity index (χ3n) is 4.54. The molecule has 0 aliphatic carbocycles. The van der Waals surface area contributed by atoms with E-state index < -0.39 is 0 Å². The number of nitrogens with one attached hydrogen (secondary N) is 2. The maximum atomic E-state index is 13.2. The molecule has 1 aliphatic heterocycles. The van der Waals surface area contributed by atoms with Crippen LogP contribution in [0.1, 0.15) is 24.8 Å². The van der Waals surface area contributed by atoms with Gasteiger partial charge in [0.2, 0.25) is 17.8 Å². The molecule has 2 aromatic carbocycles. The number of hydrogen-bond acceptors (Lipinski definition) is 7. The van der Waals surface area contributed by atoms with E-state index in [9.17, 15) is 4.39 Å². The SMILES string of the molecule is Cl.Fc1ccc(Nc2nc(NN=Cc3ccccc3)nc(N3CCCCC3)n2)cc1. The third kappa shape index (κ3) is 5.87. The fraction of sp³-hybridized carbons (Fsp3) is 0.238. The first kappa shape index (κ1) is 21.4. The molecule has 2 N–H and O–H groups in total. The molecule has 1 aliphatic rings. The van der Waals surface area contributed by atoms with Gasteiger partial charge in [-0.1, -0.05) is 30.3 Å². The Hall–Kier alpha value is -3.26. The summed E-state index contributed by atoms with van der Waals surface area (Å²) in [6.45, 7) is 1.82. The van der Waals surface area contributed by atoms with Crippen molar-refractivity contribution in [3.05, 3.63) is 66.0 Å². The molecule has 0 unspecified atom stereocenters. The second-order valence-corrected chi connectivity index (χ2v) is 6.74. The average Bonchev–Trinajstić information content (AvgIpc) is 2.77. The molecule has 3 aromatic rings. The van der Waals surface area contributed by atoms with Gasteiger partial charge in [0.05, 0.1) is 6.21 Å². The molecule has 1 saturated heterocycles. The highest BCUT2D eigenvalue weighted by Gasteiger charge is 2.16. The van der Waals surface area contributed by atoms with Crippen LogP contribution in [0.5, 0.6) is 0 Å². The topological polar surface area (TPSA) is 78.3 Å². The molecule has 2 heterocycles. The van der Waals surface area contributed by atoms with Crippen LogP contribution in [0.15, 0.2) is 59.7 Å². The van der Waals surface area contributed by atoms with Crippen molar-refractivity contribution in [2.75, 3.05) is 28.7 Å². The third-order valence-corrected chi connectivity index (χ3v) is 4.54. The Morgan fingerprint density at radius 2 is 1.57 bits per heavy atom. The van der Waals surface area contributed by atoms with Crippen LogP contribution >= 0.6 is 12.4 Å². The summed E-state index contributed by atoms with van der Waals surface area (Å²) in [4.78, 5) is 15.6. The zero-order valence-electron chi connectivity index (χ0n) is 16.3. The van der Waals surface area contributed by atoms with E-state index in [-0.39, 0.29) is 18.2 Å². The fourth-order valence-corrected chi connectivity index (χ4v) is 3.07. The monoisotopic (exact) mass is 427 g/mol. The number of nitrogens with zero attached hydrogens (tertiary/aromatic N) is 5. The minimum Gasteiger partial charge on any atom is -0.341 e. The Balaban J connectivity index is 0.00000256. The summed E-state index contributed by atoms with van der Waals surface area (Å²) in [7, 11) is 0. The van der Waals surface area contributed by atoms with Gasteiger partial charge >= 0.3 is 0 Å². The molecule has 0 saturated carbocycles. The van der Waals surface area contributed by atoms with Crippen LogP contribution in [-0.2, 0) is 0 Å². The Morgan fingerprint density at radius 1 is 0.867 bits per heavy atom. The van der Waals surface area contributed by atoms with Crippen molar-refractivity contribution in [3.63, 3.8) is 0 Å².